The van der Waals surface area contributed by atoms with Crippen molar-refractivity contribution >= 4 is 23.7 Å². The van der Waals surface area contributed by atoms with Gasteiger partial charge in [0.05, 0.1) is 0 Å². The third-order valence-electron chi connectivity index (χ3n) is 2.83. The molecular weight excluding hydrogens is 328 g/mol. The van der Waals surface area contributed by atoms with E-state index >= 15 is 0 Å². The van der Waals surface area contributed by atoms with Crippen LogP contribution in [0, 0.1) is 0 Å². The van der Waals surface area contributed by atoms with Crippen LogP contribution in [0.3, 0.4) is 0 Å². The molecule has 1 rings (SSSR count). The Bertz CT molecular complexity index is 532. The molecular formula is C14H19F2N3O3S. The molecule has 128 valence electrons. The van der Waals surface area contributed by atoms with Crippen LogP contribution in [0.5, 0.6) is 5.75 Å². The van der Waals surface area contributed by atoms with E-state index in [-0.39, 0.29) is 12.3 Å². The van der Waals surface area contributed by atoms with E-state index in [0.29, 0.717) is 17.7 Å². The number of carbonyl (C=O) groups excluding carboxylic acids is 2. The normalized spacial score (nSPS) is 11.8. The second kappa shape index (κ2) is 9.88. The fourth-order valence-corrected chi connectivity index (χ4v) is 2.29. The lowest BCUT2D eigenvalue weighted by Crippen LogP contribution is -2.48. The number of halogens is 2. The number of urea groups is 1. The summed E-state index contributed by atoms with van der Waals surface area (Å²) in [6.45, 7) is -2.79. The van der Waals surface area contributed by atoms with Crippen LogP contribution in [0.1, 0.15) is 12.0 Å². The monoisotopic (exact) mass is 347 g/mol. The van der Waals surface area contributed by atoms with Gasteiger partial charge in [0, 0.05) is 6.54 Å². The topological polar surface area (TPSA) is 93.5 Å². The lowest BCUT2D eigenvalue weighted by molar-refractivity contribution is -0.123. The molecule has 0 spiro atoms. The number of nitrogens with two attached hydrogens (primary N) is 1. The summed E-state index contributed by atoms with van der Waals surface area (Å²) in [5.41, 5.74) is 5.65. The van der Waals surface area contributed by atoms with Crippen LogP contribution in [-0.2, 0) is 11.3 Å². The zero-order valence-corrected chi connectivity index (χ0v) is 13.4. The van der Waals surface area contributed by atoms with Gasteiger partial charge in [-0.05, 0) is 36.1 Å². The summed E-state index contributed by atoms with van der Waals surface area (Å²) in [5, 5.41) is 5.01. The number of nitrogens with one attached hydrogen (secondary N) is 2. The van der Waals surface area contributed by atoms with Gasteiger partial charge in [-0.3, -0.25) is 4.79 Å². The van der Waals surface area contributed by atoms with Crippen molar-refractivity contribution in [3.05, 3.63) is 29.8 Å². The van der Waals surface area contributed by atoms with Crippen molar-refractivity contribution in [2.45, 2.75) is 25.6 Å². The van der Waals surface area contributed by atoms with E-state index in [9.17, 15) is 18.4 Å². The molecule has 6 nitrogen and oxygen atoms in total. The van der Waals surface area contributed by atoms with Crippen molar-refractivity contribution in [1.29, 1.82) is 0 Å². The second-order valence-corrected chi connectivity index (χ2v) is 5.57. The van der Waals surface area contributed by atoms with E-state index < -0.39 is 24.6 Å². The zero-order chi connectivity index (χ0) is 17.2. The van der Waals surface area contributed by atoms with Crippen LogP contribution in [0.25, 0.3) is 0 Å². The molecule has 0 fully saturated rings. The van der Waals surface area contributed by atoms with Crippen molar-refractivity contribution in [3.8, 4) is 5.75 Å². The Hall–Kier alpha value is -2.03. The minimum atomic E-state index is -2.91. The van der Waals surface area contributed by atoms with Crippen molar-refractivity contribution in [3.63, 3.8) is 0 Å². The second-order valence-electron chi connectivity index (χ2n) is 4.59. The van der Waals surface area contributed by atoms with Gasteiger partial charge in [-0.15, -0.1) is 0 Å². The number of benzene rings is 1. The maximum absolute atomic E-state index is 12.2. The van der Waals surface area contributed by atoms with Gasteiger partial charge in [-0.25, -0.2) is 4.79 Å². The van der Waals surface area contributed by atoms with Crippen LogP contribution >= 0.6 is 11.8 Å². The minimum absolute atomic E-state index is 0.0148. The molecule has 1 aromatic carbocycles. The smallest absolute Gasteiger partial charge is 0.387 e. The standard InChI is InChI=1S/C14H19F2N3O3S/c1-23-6-5-11(19-14(17)21)12(20)18-8-9-3-2-4-10(7-9)22-13(15)16/h2-4,7,11,13H,5-6,8H2,1H3,(H,18,20)(H3,17,19,21). The van der Waals surface area contributed by atoms with Gasteiger partial charge in [-0.2, -0.15) is 20.5 Å². The van der Waals surface area contributed by atoms with Crippen LogP contribution < -0.4 is 21.1 Å². The van der Waals surface area contributed by atoms with Gasteiger partial charge >= 0.3 is 12.6 Å². The van der Waals surface area contributed by atoms with Gasteiger partial charge in [0.25, 0.3) is 0 Å². The molecule has 1 atom stereocenters. The highest BCUT2D eigenvalue weighted by Crippen LogP contribution is 2.15. The van der Waals surface area contributed by atoms with Gasteiger partial charge in [0.15, 0.2) is 0 Å². The molecule has 0 aliphatic rings. The number of amides is 3. The molecule has 0 bridgehead atoms. The Morgan fingerprint density at radius 2 is 2.13 bits per heavy atom. The lowest BCUT2D eigenvalue weighted by atomic mass is 10.2. The van der Waals surface area contributed by atoms with Crippen molar-refractivity contribution in [1.82, 2.24) is 10.6 Å². The Labute approximate surface area is 137 Å². The average molecular weight is 347 g/mol. The third-order valence-corrected chi connectivity index (χ3v) is 3.48. The van der Waals surface area contributed by atoms with E-state index in [1.807, 2.05) is 6.26 Å². The van der Waals surface area contributed by atoms with Crippen LogP contribution in [0.2, 0.25) is 0 Å². The molecule has 0 saturated carbocycles. The molecule has 4 N–H and O–H groups in total. The molecule has 1 aromatic rings. The van der Waals surface area contributed by atoms with Crippen molar-refractivity contribution < 1.29 is 23.1 Å². The number of alkyl halides is 2. The van der Waals surface area contributed by atoms with Gasteiger partial charge in [0.2, 0.25) is 5.91 Å². The van der Waals surface area contributed by atoms with Gasteiger partial charge < -0.3 is 21.1 Å². The predicted octanol–water partition coefficient (Wildman–Crippen LogP) is 1.69. The van der Waals surface area contributed by atoms with E-state index in [2.05, 4.69) is 15.4 Å². The average Bonchev–Trinajstić information content (AvgIpc) is 2.48. The summed E-state index contributed by atoms with van der Waals surface area (Å²) >= 11 is 1.54. The summed E-state index contributed by atoms with van der Waals surface area (Å²) in [6, 6.07) is 4.50. The van der Waals surface area contributed by atoms with Crippen molar-refractivity contribution in [2.75, 3.05) is 12.0 Å². The van der Waals surface area contributed by atoms with Crippen molar-refractivity contribution in [2.24, 2.45) is 5.73 Å². The quantitative estimate of drug-likeness (QED) is 0.634. The first-order valence-corrected chi connectivity index (χ1v) is 8.18. The largest absolute Gasteiger partial charge is 0.435 e. The highest BCUT2D eigenvalue weighted by Gasteiger charge is 2.19. The number of carbonyl (C=O) groups is 2. The number of hydrogen-bond donors (Lipinski definition) is 3. The molecule has 0 radical (unpaired) electrons. The third kappa shape index (κ3) is 7.68. The molecule has 9 heteroatoms. The molecule has 3 amide bonds. The van der Waals surface area contributed by atoms with Crippen LogP contribution in [0.15, 0.2) is 24.3 Å². The first-order valence-electron chi connectivity index (χ1n) is 6.78. The van der Waals surface area contributed by atoms with Gasteiger partial charge in [0.1, 0.15) is 11.8 Å². The molecule has 0 heterocycles. The highest BCUT2D eigenvalue weighted by molar-refractivity contribution is 7.98. The lowest BCUT2D eigenvalue weighted by Gasteiger charge is -2.17. The predicted molar refractivity (Wildman–Crippen MR) is 84.4 cm³/mol. The summed E-state index contributed by atoms with van der Waals surface area (Å²) < 4.78 is 28.6. The SMILES string of the molecule is CSCCC(NC(N)=O)C(=O)NCc1cccc(OC(F)F)c1. The van der Waals surface area contributed by atoms with Crippen LogP contribution in [-0.4, -0.2) is 36.6 Å². The number of hydrogen-bond acceptors (Lipinski definition) is 4. The van der Waals surface area contributed by atoms with E-state index in [1.54, 1.807) is 12.1 Å². The fourth-order valence-electron chi connectivity index (χ4n) is 1.82. The summed E-state index contributed by atoms with van der Waals surface area (Å²) in [7, 11) is 0. The maximum Gasteiger partial charge on any atom is 0.387 e. The van der Waals surface area contributed by atoms with Gasteiger partial charge in [-0.1, -0.05) is 12.1 Å². The number of thioether (sulfide) groups is 1. The Morgan fingerprint density at radius 3 is 2.74 bits per heavy atom. The maximum atomic E-state index is 12.2. The Kier molecular flexibility index (Phi) is 8.17. The zero-order valence-electron chi connectivity index (χ0n) is 12.6. The molecule has 1 unspecified atom stereocenters. The fraction of sp³-hybridized carbons (Fsp3) is 0.429. The summed E-state index contributed by atoms with van der Waals surface area (Å²) in [5.74, 6) is 0.301. The molecule has 23 heavy (non-hydrogen) atoms. The number of rotatable bonds is 9. The minimum Gasteiger partial charge on any atom is -0.435 e. The van der Waals surface area contributed by atoms with Crippen LogP contribution in [0.4, 0.5) is 13.6 Å². The first-order chi connectivity index (χ1) is 10.9. The molecule has 0 aliphatic carbocycles. The Balaban J connectivity index is 2.60. The number of ether oxygens (including phenoxy) is 1. The van der Waals surface area contributed by atoms with E-state index in [1.165, 1.54) is 23.9 Å². The molecule has 0 aromatic heterocycles. The first kappa shape index (κ1) is 19.0. The summed E-state index contributed by atoms with van der Waals surface area (Å²) in [4.78, 5) is 23.0. The highest BCUT2D eigenvalue weighted by atomic mass is 32.2. The molecule has 0 saturated heterocycles. The Morgan fingerprint density at radius 1 is 1.39 bits per heavy atom. The van der Waals surface area contributed by atoms with E-state index in [0.717, 1.165) is 0 Å². The summed E-state index contributed by atoms with van der Waals surface area (Å²) in [6.07, 6.45) is 2.32. The molecule has 0 aliphatic heterocycles. The van der Waals surface area contributed by atoms with E-state index in [4.69, 9.17) is 5.73 Å². The number of primary amides is 1.